The van der Waals surface area contributed by atoms with Crippen molar-refractivity contribution in [2.75, 3.05) is 19.8 Å². The highest BCUT2D eigenvalue weighted by Crippen LogP contribution is 2.30. The van der Waals surface area contributed by atoms with Crippen molar-refractivity contribution < 1.29 is 52.7 Å². The molecule has 2 atom stereocenters. The van der Waals surface area contributed by atoms with E-state index in [0.717, 1.165) is 0 Å². The molecule has 220 valence electrons. The number of carbonyl (C=O) groups is 4. The maximum Gasteiger partial charge on any atom is 0.513 e. The van der Waals surface area contributed by atoms with Crippen LogP contribution < -0.4 is 14.8 Å². The van der Waals surface area contributed by atoms with Crippen LogP contribution in [0.5, 0.6) is 11.5 Å². The number of nitrogens with one attached hydrogen (secondary N) is 1. The van der Waals surface area contributed by atoms with Gasteiger partial charge in [-0.05, 0) is 63.6 Å². The zero-order valence-corrected chi connectivity index (χ0v) is 23.9. The average molecular weight is 556 g/mol. The zero-order valence-electron chi connectivity index (χ0n) is 23.9. The fourth-order valence-corrected chi connectivity index (χ4v) is 2.82. The zero-order chi connectivity index (χ0) is 29.8. The highest BCUT2D eigenvalue weighted by atomic mass is 16.7. The van der Waals surface area contributed by atoms with E-state index < -0.39 is 42.2 Å². The minimum Gasteiger partial charge on any atom is -0.480 e. The van der Waals surface area contributed by atoms with Crippen LogP contribution in [0.3, 0.4) is 0 Å². The number of carbonyl (C=O) groups excluding carboxylic acids is 3. The molecule has 0 aliphatic carbocycles. The second kappa shape index (κ2) is 15.8. The summed E-state index contributed by atoms with van der Waals surface area (Å²) in [7, 11) is 0. The van der Waals surface area contributed by atoms with E-state index in [0.29, 0.717) is 5.56 Å². The van der Waals surface area contributed by atoms with Crippen LogP contribution in [0.2, 0.25) is 0 Å². The quantitative estimate of drug-likeness (QED) is 0.192. The van der Waals surface area contributed by atoms with E-state index in [1.807, 2.05) is 27.7 Å². The van der Waals surface area contributed by atoms with E-state index in [-0.39, 0.29) is 49.5 Å². The molecule has 12 heteroatoms. The molecule has 0 amide bonds. The Kier molecular flexibility index (Phi) is 13.5. The number of carboxylic acids is 1. The number of aliphatic carboxylic acids is 1. The lowest BCUT2D eigenvalue weighted by atomic mass is 10.0. The van der Waals surface area contributed by atoms with Gasteiger partial charge in [0.15, 0.2) is 11.5 Å². The molecule has 0 saturated carbocycles. The van der Waals surface area contributed by atoms with Crippen LogP contribution in [0, 0.1) is 11.8 Å². The Morgan fingerprint density at radius 3 is 1.87 bits per heavy atom. The van der Waals surface area contributed by atoms with E-state index >= 15 is 0 Å². The first-order valence-electron chi connectivity index (χ1n) is 12.7. The van der Waals surface area contributed by atoms with E-state index in [1.165, 1.54) is 18.2 Å². The molecular weight excluding hydrogens is 514 g/mol. The molecular formula is C27H41NO11. The maximum absolute atomic E-state index is 12.2. The number of benzene rings is 1. The summed E-state index contributed by atoms with van der Waals surface area (Å²) in [6, 6.07) is 3.18. The van der Waals surface area contributed by atoms with Crippen LogP contribution in [-0.2, 0) is 30.2 Å². The molecule has 1 unspecified atom stereocenters. The van der Waals surface area contributed by atoms with Crippen molar-refractivity contribution in [3.8, 4) is 11.5 Å². The van der Waals surface area contributed by atoms with E-state index in [9.17, 15) is 24.3 Å². The van der Waals surface area contributed by atoms with Gasteiger partial charge in [-0.1, -0.05) is 33.8 Å². The topological polar surface area (TPSA) is 156 Å². The van der Waals surface area contributed by atoms with Gasteiger partial charge in [0.2, 0.25) is 0 Å². The molecule has 0 radical (unpaired) electrons. The molecule has 39 heavy (non-hydrogen) atoms. The van der Waals surface area contributed by atoms with Gasteiger partial charge in [-0.25, -0.2) is 14.4 Å². The summed E-state index contributed by atoms with van der Waals surface area (Å²) in [5.74, 6) is -1.26. The summed E-state index contributed by atoms with van der Waals surface area (Å²) >= 11 is 0. The molecule has 2 N–H and O–H groups in total. The van der Waals surface area contributed by atoms with Crippen molar-refractivity contribution in [1.82, 2.24) is 5.32 Å². The number of carboxylic acid groups (broad SMARTS) is 1. The molecule has 0 aliphatic rings. The van der Waals surface area contributed by atoms with Crippen molar-refractivity contribution in [2.45, 2.75) is 79.6 Å². The third-order valence-electron chi connectivity index (χ3n) is 4.54. The van der Waals surface area contributed by atoms with E-state index in [2.05, 4.69) is 5.32 Å². The lowest BCUT2D eigenvalue weighted by Gasteiger charge is -2.22. The Bertz CT molecular complexity index is 969. The summed E-state index contributed by atoms with van der Waals surface area (Å²) in [6.07, 6.45) is -3.58. The van der Waals surface area contributed by atoms with E-state index in [1.54, 1.807) is 27.7 Å². The molecule has 1 aromatic rings. The molecule has 0 bridgehead atoms. The minimum absolute atomic E-state index is 0.0317. The predicted molar refractivity (Wildman–Crippen MR) is 140 cm³/mol. The van der Waals surface area contributed by atoms with Gasteiger partial charge in [-0.15, -0.1) is 0 Å². The van der Waals surface area contributed by atoms with Crippen molar-refractivity contribution in [1.29, 1.82) is 0 Å². The average Bonchev–Trinajstić information content (AvgIpc) is 2.79. The van der Waals surface area contributed by atoms with Crippen molar-refractivity contribution >= 4 is 24.4 Å². The van der Waals surface area contributed by atoms with Gasteiger partial charge in [0.1, 0.15) is 17.7 Å². The summed E-state index contributed by atoms with van der Waals surface area (Å²) in [5, 5.41) is 12.5. The van der Waals surface area contributed by atoms with Crippen molar-refractivity contribution in [3.05, 3.63) is 23.8 Å². The molecule has 1 rings (SSSR count). The van der Waals surface area contributed by atoms with Gasteiger partial charge in [0.05, 0.1) is 13.2 Å². The molecule has 12 nitrogen and oxygen atoms in total. The molecule has 0 spiro atoms. The first-order chi connectivity index (χ1) is 18.1. The van der Waals surface area contributed by atoms with Crippen LogP contribution >= 0.6 is 0 Å². The van der Waals surface area contributed by atoms with Gasteiger partial charge in [0, 0.05) is 6.54 Å². The molecule has 0 heterocycles. The van der Waals surface area contributed by atoms with Gasteiger partial charge >= 0.3 is 24.4 Å². The second-order valence-electron chi connectivity index (χ2n) is 10.8. The summed E-state index contributed by atoms with van der Waals surface area (Å²) in [5.41, 5.74) is -0.277. The van der Waals surface area contributed by atoms with Gasteiger partial charge in [-0.3, -0.25) is 4.79 Å². The second-order valence-corrected chi connectivity index (χ2v) is 10.8. The Morgan fingerprint density at radius 2 is 1.38 bits per heavy atom. The standard InChI is InChI=1S/C27H41NO11/c1-16(2)14-34-24(31)37-21-10-9-19(12-22(21)38-25(32)35-15-17(3)4)11-20(23(29)30)28-13-18(5)36-26(33)39-27(6,7)8/h9-10,12,16-18,20,28H,11,13-15H2,1-8H3,(H,29,30)/t18?,20-/m0/s1. The smallest absolute Gasteiger partial charge is 0.480 e. The Balaban J connectivity index is 2.98. The number of hydrogen-bond acceptors (Lipinski definition) is 11. The largest absolute Gasteiger partial charge is 0.513 e. The van der Waals surface area contributed by atoms with Gasteiger partial charge in [0.25, 0.3) is 0 Å². The highest BCUT2D eigenvalue weighted by molar-refractivity contribution is 5.74. The summed E-state index contributed by atoms with van der Waals surface area (Å²) in [6.45, 7) is 14.4. The number of hydrogen-bond donors (Lipinski definition) is 2. The normalized spacial score (nSPS) is 12.9. The fourth-order valence-electron chi connectivity index (χ4n) is 2.82. The summed E-state index contributed by atoms with van der Waals surface area (Å²) in [4.78, 5) is 48.0. The van der Waals surface area contributed by atoms with Crippen LogP contribution in [-0.4, -0.2) is 67.0 Å². The summed E-state index contributed by atoms with van der Waals surface area (Å²) < 4.78 is 30.7. The Hall–Kier alpha value is -3.54. The molecule has 1 aromatic carbocycles. The van der Waals surface area contributed by atoms with Crippen molar-refractivity contribution in [2.24, 2.45) is 11.8 Å². The maximum atomic E-state index is 12.2. The molecule has 0 aliphatic heterocycles. The number of rotatable bonds is 13. The first kappa shape index (κ1) is 33.5. The fraction of sp³-hybridized carbons (Fsp3) is 0.630. The molecule has 0 saturated heterocycles. The highest BCUT2D eigenvalue weighted by Gasteiger charge is 2.24. The molecule has 0 aromatic heterocycles. The van der Waals surface area contributed by atoms with Crippen LogP contribution in [0.15, 0.2) is 18.2 Å². The third kappa shape index (κ3) is 14.8. The lowest BCUT2D eigenvalue weighted by Crippen LogP contribution is -2.43. The lowest BCUT2D eigenvalue weighted by molar-refractivity contribution is -0.139. The predicted octanol–water partition coefficient (Wildman–Crippen LogP) is 4.95. The van der Waals surface area contributed by atoms with Gasteiger partial charge in [-0.2, -0.15) is 0 Å². The van der Waals surface area contributed by atoms with Gasteiger partial charge < -0.3 is 38.8 Å². The van der Waals surface area contributed by atoms with E-state index in [4.69, 9.17) is 28.4 Å². The monoisotopic (exact) mass is 555 g/mol. The SMILES string of the molecule is CC(C)COC(=O)Oc1ccc(C[C@H](NCC(C)OC(=O)OC(C)(C)C)C(=O)O)cc1OC(=O)OCC(C)C. The Morgan fingerprint density at radius 1 is 0.846 bits per heavy atom. The Labute approximate surface area is 229 Å². The number of ether oxygens (including phenoxy) is 6. The van der Waals surface area contributed by atoms with Crippen molar-refractivity contribution in [3.63, 3.8) is 0 Å². The van der Waals surface area contributed by atoms with Crippen LogP contribution in [0.25, 0.3) is 0 Å². The minimum atomic E-state index is -1.16. The first-order valence-corrected chi connectivity index (χ1v) is 12.7. The third-order valence-corrected chi connectivity index (χ3v) is 4.54. The van der Waals surface area contributed by atoms with Crippen LogP contribution in [0.4, 0.5) is 14.4 Å². The van der Waals surface area contributed by atoms with Crippen LogP contribution in [0.1, 0.15) is 61.0 Å². The molecule has 0 fully saturated rings.